The van der Waals surface area contributed by atoms with Gasteiger partial charge in [-0.15, -0.1) is 0 Å². The molecule has 0 spiro atoms. The van der Waals surface area contributed by atoms with Crippen LogP contribution in [0.5, 0.6) is 0 Å². The number of likely N-dealkylation sites (tertiary alicyclic amines) is 1. The third-order valence-electron chi connectivity index (χ3n) is 6.06. The molecule has 2 aromatic rings. The van der Waals surface area contributed by atoms with Crippen LogP contribution < -0.4 is 0 Å². The molecule has 0 aromatic heterocycles. The van der Waals surface area contributed by atoms with Crippen LogP contribution in [0.3, 0.4) is 0 Å². The summed E-state index contributed by atoms with van der Waals surface area (Å²) in [4.78, 5) is 53.8. The Morgan fingerprint density at radius 2 is 1.53 bits per heavy atom. The highest BCUT2D eigenvalue weighted by Gasteiger charge is 2.58. The molecule has 0 saturated carbocycles. The first kappa shape index (κ1) is 19.9. The second-order valence-electron chi connectivity index (χ2n) is 7.95. The summed E-state index contributed by atoms with van der Waals surface area (Å²) in [6.45, 7) is 0.381. The zero-order chi connectivity index (χ0) is 22.2. The third kappa shape index (κ3) is 3.32. The molecule has 1 aliphatic carbocycles. The van der Waals surface area contributed by atoms with Crippen LogP contribution in [-0.4, -0.2) is 52.1 Å². The molecule has 0 bridgehead atoms. The number of benzene rings is 2. The number of nitrogens with zero attached hydrogens (tertiary/aromatic N) is 2. The largest absolute Gasteiger partial charge is 0.447 e. The number of amides is 2. The van der Waals surface area contributed by atoms with Gasteiger partial charge in [0, 0.05) is 12.1 Å². The maximum Gasteiger partial charge on any atom is 0.411 e. The zero-order valence-corrected chi connectivity index (χ0v) is 17.1. The van der Waals surface area contributed by atoms with Crippen molar-refractivity contribution in [2.45, 2.75) is 24.7 Å². The lowest BCUT2D eigenvalue weighted by Crippen LogP contribution is -2.71. The standard InChI is InChI=1S/C25H20N2O5/c28-18-11-12-21(29)19(13-18)22-23(24(30)26(22)14-16-7-3-1-4-8-16)27-20(15-32-25(27)31)17-9-5-2-6-10-17/h1-13,20,22-23H,14-15H2/t20-,22-,23+/m1/s1. The van der Waals surface area contributed by atoms with Gasteiger partial charge in [-0.1, -0.05) is 60.7 Å². The molecule has 2 aliphatic heterocycles. The number of ether oxygens (including phenoxy) is 1. The van der Waals surface area contributed by atoms with Gasteiger partial charge >= 0.3 is 6.09 Å². The number of hydrogen-bond donors (Lipinski definition) is 0. The highest BCUT2D eigenvalue weighted by Crippen LogP contribution is 2.40. The summed E-state index contributed by atoms with van der Waals surface area (Å²) in [6, 6.07) is 16.6. The highest BCUT2D eigenvalue weighted by atomic mass is 16.6. The van der Waals surface area contributed by atoms with Crippen LogP contribution in [-0.2, 0) is 25.7 Å². The van der Waals surface area contributed by atoms with Crippen LogP contribution >= 0.6 is 0 Å². The summed E-state index contributed by atoms with van der Waals surface area (Å²) in [5.74, 6) is -0.940. The lowest BCUT2D eigenvalue weighted by Gasteiger charge is -2.51. The second-order valence-corrected chi connectivity index (χ2v) is 7.95. The number of β-lactam (4-membered cyclic amide) rings is 1. The minimum Gasteiger partial charge on any atom is -0.447 e. The van der Waals surface area contributed by atoms with Crippen molar-refractivity contribution in [2.24, 2.45) is 0 Å². The first-order valence-corrected chi connectivity index (χ1v) is 10.4. The van der Waals surface area contributed by atoms with E-state index in [9.17, 15) is 19.2 Å². The fourth-order valence-electron chi connectivity index (χ4n) is 4.53. The lowest BCUT2D eigenvalue weighted by atomic mass is 9.81. The van der Waals surface area contributed by atoms with Crippen LogP contribution in [0.15, 0.2) is 84.5 Å². The Labute approximate surface area is 184 Å². The zero-order valence-electron chi connectivity index (χ0n) is 17.1. The lowest BCUT2D eigenvalue weighted by molar-refractivity contribution is -0.156. The molecule has 0 radical (unpaired) electrons. The average molecular weight is 428 g/mol. The Hall–Kier alpha value is -4.00. The highest BCUT2D eigenvalue weighted by molar-refractivity contribution is 6.19. The molecule has 7 heteroatoms. The van der Waals surface area contributed by atoms with Gasteiger partial charge in [0.15, 0.2) is 11.6 Å². The second kappa shape index (κ2) is 7.92. The summed E-state index contributed by atoms with van der Waals surface area (Å²) in [5.41, 5.74) is 1.94. The van der Waals surface area contributed by atoms with E-state index in [2.05, 4.69) is 0 Å². The molecule has 160 valence electrons. The fourth-order valence-corrected chi connectivity index (χ4v) is 4.53. The van der Waals surface area contributed by atoms with Gasteiger partial charge < -0.3 is 9.64 Å². The summed E-state index contributed by atoms with van der Waals surface area (Å²) in [7, 11) is 0. The Morgan fingerprint density at radius 3 is 2.25 bits per heavy atom. The van der Waals surface area contributed by atoms with E-state index in [1.807, 2.05) is 60.7 Å². The number of cyclic esters (lactones) is 1. The van der Waals surface area contributed by atoms with Crippen molar-refractivity contribution >= 4 is 23.6 Å². The molecule has 2 amide bonds. The van der Waals surface area contributed by atoms with Gasteiger partial charge in [-0.25, -0.2) is 4.79 Å². The van der Waals surface area contributed by atoms with Crippen molar-refractivity contribution in [3.8, 4) is 0 Å². The van der Waals surface area contributed by atoms with Gasteiger partial charge in [0.25, 0.3) is 0 Å². The maximum atomic E-state index is 13.4. The summed E-state index contributed by atoms with van der Waals surface area (Å²) in [5, 5.41) is 0. The van der Waals surface area contributed by atoms with E-state index in [1.165, 1.54) is 23.1 Å². The molecule has 0 unspecified atom stereocenters. The number of rotatable bonds is 5. The molecule has 3 atom stereocenters. The van der Waals surface area contributed by atoms with Crippen molar-refractivity contribution in [1.82, 2.24) is 9.80 Å². The topological polar surface area (TPSA) is 84.0 Å². The molecule has 0 N–H and O–H groups in total. The molecular weight excluding hydrogens is 408 g/mol. The smallest absolute Gasteiger partial charge is 0.411 e. The average Bonchev–Trinajstić information content (AvgIpc) is 3.19. The Bertz CT molecular complexity index is 1160. The first-order valence-electron chi connectivity index (χ1n) is 10.4. The monoisotopic (exact) mass is 428 g/mol. The van der Waals surface area contributed by atoms with E-state index in [-0.39, 0.29) is 36.2 Å². The van der Waals surface area contributed by atoms with Crippen molar-refractivity contribution < 1.29 is 23.9 Å². The number of ketones is 2. The minimum atomic E-state index is -0.923. The van der Waals surface area contributed by atoms with Crippen molar-refractivity contribution in [3.63, 3.8) is 0 Å². The van der Waals surface area contributed by atoms with Crippen LogP contribution in [0, 0.1) is 0 Å². The first-order chi connectivity index (χ1) is 15.5. The summed E-state index contributed by atoms with van der Waals surface area (Å²) in [6.07, 6.45) is 3.09. The van der Waals surface area contributed by atoms with Gasteiger partial charge in [0.05, 0.1) is 12.1 Å². The Morgan fingerprint density at radius 1 is 0.844 bits per heavy atom. The molecule has 3 aliphatic rings. The molecular formula is C25H20N2O5. The normalized spacial score (nSPS) is 25.0. The predicted octanol–water partition coefficient (Wildman–Crippen LogP) is 2.59. The number of carbonyl (C=O) groups excluding carboxylic acids is 4. The van der Waals surface area contributed by atoms with E-state index in [4.69, 9.17) is 4.74 Å². The summed E-state index contributed by atoms with van der Waals surface area (Å²) >= 11 is 0. The van der Waals surface area contributed by atoms with E-state index < -0.39 is 24.2 Å². The Balaban J connectivity index is 1.53. The van der Waals surface area contributed by atoms with Gasteiger partial charge in [-0.3, -0.25) is 19.3 Å². The molecule has 5 rings (SSSR count). The molecule has 32 heavy (non-hydrogen) atoms. The number of hydrogen-bond acceptors (Lipinski definition) is 5. The van der Waals surface area contributed by atoms with Crippen molar-refractivity contribution in [2.75, 3.05) is 6.61 Å². The van der Waals surface area contributed by atoms with Gasteiger partial charge in [0.1, 0.15) is 12.6 Å². The van der Waals surface area contributed by atoms with Crippen molar-refractivity contribution in [3.05, 3.63) is 95.6 Å². The van der Waals surface area contributed by atoms with Crippen LogP contribution in [0.2, 0.25) is 0 Å². The van der Waals surface area contributed by atoms with Crippen LogP contribution in [0.25, 0.3) is 0 Å². The van der Waals surface area contributed by atoms with Gasteiger partial charge in [-0.05, 0) is 29.4 Å². The van der Waals surface area contributed by atoms with E-state index in [0.29, 0.717) is 0 Å². The fraction of sp³-hybridized carbons (Fsp3) is 0.200. The Kier molecular flexibility index (Phi) is 4.93. The number of allylic oxidation sites excluding steroid dienone is 3. The van der Waals surface area contributed by atoms with Crippen molar-refractivity contribution in [1.29, 1.82) is 0 Å². The molecule has 2 saturated heterocycles. The number of carbonyl (C=O) groups is 4. The van der Waals surface area contributed by atoms with Gasteiger partial charge in [0.2, 0.25) is 5.91 Å². The van der Waals surface area contributed by atoms with E-state index in [0.717, 1.165) is 11.1 Å². The molecule has 2 aromatic carbocycles. The predicted molar refractivity (Wildman–Crippen MR) is 114 cm³/mol. The van der Waals surface area contributed by atoms with Crippen LogP contribution in [0.4, 0.5) is 4.79 Å². The molecule has 2 fully saturated rings. The molecule has 2 heterocycles. The SMILES string of the molecule is O=C1C=CC(=O)C([C@@H]2[C@H](N3C(=O)OC[C@@H]3c3ccccc3)C(=O)N2Cc2ccccc2)=C1. The van der Waals surface area contributed by atoms with Gasteiger partial charge in [-0.2, -0.15) is 0 Å². The van der Waals surface area contributed by atoms with E-state index >= 15 is 0 Å². The molecule has 7 nitrogen and oxygen atoms in total. The minimum absolute atomic E-state index is 0.115. The van der Waals surface area contributed by atoms with Crippen LogP contribution in [0.1, 0.15) is 17.2 Å². The quantitative estimate of drug-likeness (QED) is 0.540. The summed E-state index contributed by atoms with van der Waals surface area (Å²) < 4.78 is 5.31. The third-order valence-corrected chi connectivity index (χ3v) is 6.06. The maximum absolute atomic E-state index is 13.4. The van der Waals surface area contributed by atoms with E-state index in [1.54, 1.807) is 4.90 Å².